The lowest BCUT2D eigenvalue weighted by Gasteiger charge is -2.16. The minimum absolute atomic E-state index is 0.270. The molecule has 0 atom stereocenters. The summed E-state index contributed by atoms with van der Waals surface area (Å²) in [7, 11) is -1.36. The topological polar surface area (TPSA) is 37.3 Å². The quantitative estimate of drug-likeness (QED) is 0.531. The van der Waals surface area contributed by atoms with Crippen molar-refractivity contribution in [2.24, 2.45) is 0 Å². The second-order valence-electron chi connectivity index (χ2n) is 3.19. The van der Waals surface area contributed by atoms with E-state index in [2.05, 4.69) is 13.1 Å². The summed E-state index contributed by atoms with van der Waals surface area (Å²) in [5.74, 6) is -0.717. The van der Waals surface area contributed by atoms with Crippen molar-refractivity contribution in [3.8, 4) is 0 Å². The van der Waals surface area contributed by atoms with Crippen molar-refractivity contribution in [2.45, 2.75) is 25.6 Å². The maximum Gasteiger partial charge on any atom is 0.303 e. The Morgan fingerprint density at radius 1 is 1.60 bits per heavy atom. The molecule has 0 spiro atoms. The van der Waals surface area contributed by atoms with Gasteiger partial charge < -0.3 is 5.11 Å². The van der Waals surface area contributed by atoms with Gasteiger partial charge in [0, 0.05) is 11.9 Å². The Balaban J connectivity index is 3.56. The van der Waals surface area contributed by atoms with Crippen LogP contribution in [0.3, 0.4) is 0 Å². The van der Waals surface area contributed by atoms with Crippen LogP contribution in [0, 0.1) is 0 Å². The first kappa shape index (κ1) is 9.98. The Kier molecular flexibility index (Phi) is 3.97. The van der Waals surface area contributed by atoms with Crippen LogP contribution in [0.1, 0.15) is 6.42 Å². The van der Waals surface area contributed by atoms with Crippen LogP contribution >= 0.6 is 11.6 Å². The molecule has 0 fully saturated rings. The number of carbonyl (C=O) groups is 1. The van der Waals surface area contributed by atoms with E-state index in [-0.39, 0.29) is 6.42 Å². The fourth-order valence-corrected chi connectivity index (χ4v) is 1.94. The molecule has 0 aliphatic rings. The number of carboxylic acid groups (broad SMARTS) is 1. The monoisotopic (exact) mass is 180 g/mol. The van der Waals surface area contributed by atoms with Crippen molar-refractivity contribution in [1.29, 1.82) is 0 Å². The summed E-state index contributed by atoms with van der Waals surface area (Å²) >= 11 is 5.65. The summed E-state index contributed by atoms with van der Waals surface area (Å²) in [5, 5.41) is 8.35. The molecule has 1 N–H and O–H groups in total. The molecule has 10 heavy (non-hydrogen) atoms. The summed E-state index contributed by atoms with van der Waals surface area (Å²) in [5.41, 5.74) is 0.653. The van der Waals surface area contributed by atoms with Gasteiger partial charge in [0.1, 0.15) is 0 Å². The van der Waals surface area contributed by atoms with Crippen molar-refractivity contribution in [3.63, 3.8) is 0 Å². The first-order valence-electron chi connectivity index (χ1n) is 3.26. The zero-order valence-corrected chi connectivity index (χ0v) is 8.11. The zero-order chi connectivity index (χ0) is 8.20. The lowest BCUT2D eigenvalue weighted by molar-refractivity contribution is -0.136. The van der Waals surface area contributed by atoms with Crippen LogP contribution in [0.4, 0.5) is 0 Å². The molecule has 0 unspecified atom stereocenters. The largest absolute Gasteiger partial charge is 0.481 e. The Morgan fingerprint density at radius 3 is 2.40 bits per heavy atom. The van der Waals surface area contributed by atoms with Gasteiger partial charge in [0.2, 0.25) is 0 Å². The van der Waals surface area contributed by atoms with Gasteiger partial charge in [-0.05, 0) is 6.04 Å². The van der Waals surface area contributed by atoms with Crippen LogP contribution in [0.15, 0.2) is 0 Å². The van der Waals surface area contributed by atoms with Crippen molar-refractivity contribution in [2.75, 3.05) is 5.50 Å². The Labute approximate surface area is 67.2 Å². The first-order chi connectivity index (χ1) is 4.48. The molecule has 0 saturated heterocycles. The van der Waals surface area contributed by atoms with Gasteiger partial charge in [-0.25, -0.2) is 0 Å². The Morgan fingerprint density at radius 2 is 2.10 bits per heavy atom. The van der Waals surface area contributed by atoms with E-state index in [0.717, 1.165) is 6.04 Å². The molecule has 0 aliphatic heterocycles. The Hall–Kier alpha value is -0.0231. The molecule has 0 rings (SSSR count). The van der Waals surface area contributed by atoms with Crippen LogP contribution in [0.25, 0.3) is 0 Å². The van der Waals surface area contributed by atoms with Gasteiger partial charge in [-0.3, -0.25) is 4.79 Å². The molecular weight excluding hydrogens is 168 g/mol. The van der Waals surface area contributed by atoms with Crippen LogP contribution in [0.2, 0.25) is 19.1 Å². The highest BCUT2D eigenvalue weighted by molar-refractivity contribution is 6.83. The second kappa shape index (κ2) is 3.98. The highest BCUT2D eigenvalue weighted by Gasteiger charge is 2.19. The normalized spacial score (nSPS) is 11.5. The molecule has 0 aromatic rings. The predicted molar refractivity (Wildman–Crippen MR) is 45.3 cm³/mol. The van der Waals surface area contributed by atoms with Gasteiger partial charge in [0.05, 0.1) is 8.07 Å². The number of aliphatic carboxylic acids is 1. The van der Waals surface area contributed by atoms with Crippen molar-refractivity contribution < 1.29 is 9.90 Å². The van der Waals surface area contributed by atoms with E-state index < -0.39 is 14.0 Å². The zero-order valence-electron chi connectivity index (χ0n) is 6.35. The summed E-state index contributed by atoms with van der Waals surface area (Å²) in [6.07, 6.45) is 0.270. The van der Waals surface area contributed by atoms with Crippen LogP contribution < -0.4 is 0 Å². The van der Waals surface area contributed by atoms with Crippen LogP contribution in [-0.4, -0.2) is 24.7 Å². The van der Waals surface area contributed by atoms with Crippen molar-refractivity contribution >= 4 is 25.6 Å². The number of carboxylic acids is 1. The minimum atomic E-state index is -1.36. The SMILES string of the molecule is C[Si](C)(CCl)CCC(=O)O. The third-order valence-corrected chi connectivity index (χ3v) is 5.87. The van der Waals surface area contributed by atoms with Gasteiger partial charge in [0.15, 0.2) is 0 Å². The van der Waals surface area contributed by atoms with Crippen LogP contribution in [0.5, 0.6) is 0 Å². The number of hydrogen-bond donors (Lipinski definition) is 1. The fraction of sp³-hybridized carbons (Fsp3) is 0.833. The molecular formula is C6H13ClO2Si. The third-order valence-electron chi connectivity index (χ3n) is 1.38. The summed E-state index contributed by atoms with van der Waals surface area (Å²) in [6.45, 7) is 4.20. The van der Waals surface area contributed by atoms with E-state index in [1.54, 1.807) is 0 Å². The molecule has 0 saturated carbocycles. The number of rotatable bonds is 4. The lowest BCUT2D eigenvalue weighted by Crippen LogP contribution is -2.28. The van der Waals surface area contributed by atoms with Crippen LogP contribution in [-0.2, 0) is 4.79 Å². The van der Waals surface area contributed by atoms with E-state index in [0.29, 0.717) is 5.50 Å². The molecule has 60 valence electrons. The molecule has 4 heteroatoms. The number of halogens is 1. The molecule has 0 aromatic heterocycles. The highest BCUT2D eigenvalue weighted by Crippen LogP contribution is 2.13. The van der Waals surface area contributed by atoms with E-state index >= 15 is 0 Å². The maximum absolute atomic E-state index is 10.1. The average molecular weight is 181 g/mol. The molecule has 0 heterocycles. The molecule has 0 bridgehead atoms. The second-order valence-corrected chi connectivity index (χ2v) is 9.09. The molecule has 0 radical (unpaired) electrons. The Bertz CT molecular complexity index is 125. The smallest absolute Gasteiger partial charge is 0.303 e. The van der Waals surface area contributed by atoms with Gasteiger partial charge in [-0.2, -0.15) is 0 Å². The van der Waals surface area contributed by atoms with Crippen molar-refractivity contribution in [3.05, 3.63) is 0 Å². The molecule has 0 amide bonds. The van der Waals surface area contributed by atoms with Crippen molar-refractivity contribution in [1.82, 2.24) is 0 Å². The van der Waals surface area contributed by atoms with Gasteiger partial charge in [-0.15, -0.1) is 11.6 Å². The summed E-state index contributed by atoms with van der Waals surface area (Å²) in [6, 6.07) is 0.784. The van der Waals surface area contributed by atoms with Gasteiger partial charge in [-0.1, -0.05) is 13.1 Å². The lowest BCUT2D eigenvalue weighted by atomic mass is 10.5. The molecule has 2 nitrogen and oxygen atoms in total. The molecule has 0 aromatic carbocycles. The van der Waals surface area contributed by atoms with E-state index in [1.165, 1.54) is 0 Å². The highest BCUT2D eigenvalue weighted by atomic mass is 35.5. The number of alkyl halides is 1. The summed E-state index contributed by atoms with van der Waals surface area (Å²) in [4.78, 5) is 10.1. The third kappa shape index (κ3) is 4.82. The van der Waals surface area contributed by atoms with E-state index in [4.69, 9.17) is 16.7 Å². The van der Waals surface area contributed by atoms with Gasteiger partial charge >= 0.3 is 5.97 Å². The standard InChI is InChI=1S/C6H13ClO2Si/c1-10(2,5-7)4-3-6(8)9/h3-5H2,1-2H3,(H,8,9). The predicted octanol–water partition coefficient (Wildman–Crippen LogP) is 1.95. The van der Waals surface area contributed by atoms with E-state index in [1.807, 2.05) is 0 Å². The number of hydrogen-bond acceptors (Lipinski definition) is 1. The average Bonchev–Trinajstić information content (AvgIpc) is 1.85. The van der Waals surface area contributed by atoms with Gasteiger partial charge in [0.25, 0.3) is 0 Å². The fourth-order valence-electron chi connectivity index (χ4n) is 0.512. The van der Waals surface area contributed by atoms with E-state index in [9.17, 15) is 4.79 Å². The summed E-state index contributed by atoms with van der Waals surface area (Å²) < 4.78 is 0. The maximum atomic E-state index is 10.1. The first-order valence-corrected chi connectivity index (χ1v) is 7.20. The molecule has 0 aliphatic carbocycles. The minimum Gasteiger partial charge on any atom is -0.481 e.